The molecule has 0 aliphatic heterocycles. The van der Waals surface area contributed by atoms with E-state index in [0.29, 0.717) is 6.54 Å². The molecular formula is C18H20N2O. The Balaban J connectivity index is 1.91. The van der Waals surface area contributed by atoms with Crippen LogP contribution in [0.4, 0.5) is 0 Å². The van der Waals surface area contributed by atoms with E-state index >= 15 is 0 Å². The van der Waals surface area contributed by atoms with Gasteiger partial charge in [-0.25, -0.2) is 4.98 Å². The Morgan fingerprint density at radius 3 is 2.43 bits per heavy atom. The van der Waals surface area contributed by atoms with Crippen LogP contribution in [0.2, 0.25) is 0 Å². The minimum absolute atomic E-state index is 0.516. The summed E-state index contributed by atoms with van der Waals surface area (Å²) in [4.78, 5) is 4.43. The van der Waals surface area contributed by atoms with Gasteiger partial charge < -0.3 is 9.67 Å². The third-order valence-corrected chi connectivity index (χ3v) is 4.07. The van der Waals surface area contributed by atoms with Crippen molar-refractivity contribution in [2.45, 2.75) is 33.4 Å². The van der Waals surface area contributed by atoms with Crippen LogP contribution in [0.3, 0.4) is 0 Å². The molecule has 0 radical (unpaired) electrons. The number of aromatic nitrogens is 2. The molecule has 3 nitrogen and oxygen atoms in total. The van der Waals surface area contributed by atoms with Crippen molar-refractivity contribution < 1.29 is 5.11 Å². The molecule has 3 rings (SSSR count). The van der Waals surface area contributed by atoms with Crippen LogP contribution in [-0.2, 0) is 6.54 Å². The Morgan fingerprint density at radius 2 is 1.71 bits per heavy atom. The van der Waals surface area contributed by atoms with Crippen molar-refractivity contribution in [2.75, 3.05) is 0 Å². The highest BCUT2D eigenvalue weighted by Gasteiger charge is 2.11. The quantitative estimate of drug-likeness (QED) is 0.794. The van der Waals surface area contributed by atoms with Gasteiger partial charge in [-0.05, 0) is 49.6 Å². The highest BCUT2D eigenvalue weighted by molar-refractivity contribution is 5.77. The van der Waals surface area contributed by atoms with E-state index in [0.717, 1.165) is 16.6 Å². The molecule has 0 saturated carbocycles. The van der Waals surface area contributed by atoms with Crippen molar-refractivity contribution in [1.29, 1.82) is 0 Å². The maximum atomic E-state index is 10.4. The molecule has 1 aromatic heterocycles. The SMILES string of the molecule is Cc1ccc(C(O)Cn2cnc3cc(C)c(C)cc32)cc1. The molecular weight excluding hydrogens is 260 g/mol. The van der Waals surface area contributed by atoms with Crippen LogP contribution in [-0.4, -0.2) is 14.7 Å². The number of fused-ring (bicyclic) bond motifs is 1. The minimum Gasteiger partial charge on any atom is -0.387 e. The van der Waals surface area contributed by atoms with Crippen LogP contribution in [0.5, 0.6) is 0 Å². The summed E-state index contributed by atoms with van der Waals surface area (Å²) in [6, 6.07) is 12.2. The van der Waals surface area contributed by atoms with Crippen molar-refractivity contribution in [2.24, 2.45) is 0 Å². The van der Waals surface area contributed by atoms with Crippen LogP contribution in [0.15, 0.2) is 42.7 Å². The minimum atomic E-state index is -0.524. The van der Waals surface area contributed by atoms with Crippen molar-refractivity contribution in [3.8, 4) is 0 Å². The molecule has 0 spiro atoms. The van der Waals surface area contributed by atoms with Crippen LogP contribution < -0.4 is 0 Å². The fourth-order valence-corrected chi connectivity index (χ4v) is 2.54. The van der Waals surface area contributed by atoms with Gasteiger partial charge in [0.05, 0.1) is 30.0 Å². The van der Waals surface area contributed by atoms with E-state index in [-0.39, 0.29) is 0 Å². The molecule has 0 aliphatic rings. The highest BCUT2D eigenvalue weighted by Crippen LogP contribution is 2.22. The average Bonchev–Trinajstić information content (AvgIpc) is 2.82. The van der Waals surface area contributed by atoms with Gasteiger partial charge >= 0.3 is 0 Å². The second-order valence-electron chi connectivity index (χ2n) is 5.75. The molecule has 0 saturated heterocycles. The van der Waals surface area contributed by atoms with Gasteiger partial charge in [-0.2, -0.15) is 0 Å². The number of aliphatic hydroxyl groups excluding tert-OH is 1. The van der Waals surface area contributed by atoms with E-state index in [1.54, 1.807) is 6.33 Å². The normalized spacial score (nSPS) is 12.8. The van der Waals surface area contributed by atoms with Gasteiger partial charge in [0.25, 0.3) is 0 Å². The molecule has 21 heavy (non-hydrogen) atoms. The molecule has 1 N–H and O–H groups in total. The molecule has 108 valence electrons. The lowest BCUT2D eigenvalue weighted by Crippen LogP contribution is -2.08. The largest absolute Gasteiger partial charge is 0.387 e. The number of benzene rings is 2. The van der Waals surface area contributed by atoms with Crippen molar-refractivity contribution >= 4 is 11.0 Å². The third-order valence-electron chi connectivity index (χ3n) is 4.07. The van der Waals surface area contributed by atoms with Crippen molar-refractivity contribution in [3.05, 3.63) is 65.0 Å². The number of nitrogens with zero attached hydrogens (tertiary/aromatic N) is 2. The summed E-state index contributed by atoms with van der Waals surface area (Å²) in [5, 5.41) is 10.4. The molecule has 1 unspecified atom stereocenters. The molecule has 1 heterocycles. The van der Waals surface area contributed by atoms with Gasteiger partial charge in [0, 0.05) is 0 Å². The standard InChI is InChI=1S/C18H20N2O/c1-12-4-6-15(7-5-12)18(21)10-20-11-19-16-8-13(2)14(3)9-17(16)20/h4-9,11,18,21H,10H2,1-3H3. The number of aryl methyl sites for hydroxylation is 3. The van der Waals surface area contributed by atoms with E-state index < -0.39 is 6.10 Å². The van der Waals surface area contributed by atoms with Gasteiger partial charge in [0.1, 0.15) is 0 Å². The average molecular weight is 280 g/mol. The first kappa shape index (κ1) is 13.8. The monoisotopic (exact) mass is 280 g/mol. The Kier molecular flexibility index (Phi) is 3.52. The summed E-state index contributed by atoms with van der Waals surface area (Å²) in [6.07, 6.45) is 1.28. The fraction of sp³-hybridized carbons (Fsp3) is 0.278. The van der Waals surface area contributed by atoms with E-state index in [1.807, 2.05) is 35.8 Å². The molecule has 1 atom stereocenters. The van der Waals surface area contributed by atoms with E-state index in [4.69, 9.17) is 0 Å². The van der Waals surface area contributed by atoms with Gasteiger partial charge in [0.15, 0.2) is 0 Å². The summed E-state index contributed by atoms with van der Waals surface area (Å²) in [5.74, 6) is 0. The second kappa shape index (κ2) is 5.34. The van der Waals surface area contributed by atoms with Crippen LogP contribution >= 0.6 is 0 Å². The third kappa shape index (κ3) is 2.69. The lowest BCUT2D eigenvalue weighted by Gasteiger charge is -2.13. The smallest absolute Gasteiger partial charge is 0.0969 e. The lowest BCUT2D eigenvalue weighted by molar-refractivity contribution is 0.158. The Hall–Kier alpha value is -2.13. The number of hydrogen-bond donors (Lipinski definition) is 1. The second-order valence-corrected chi connectivity index (χ2v) is 5.75. The number of hydrogen-bond acceptors (Lipinski definition) is 2. The number of rotatable bonds is 3. The van der Waals surface area contributed by atoms with E-state index in [2.05, 4.69) is 31.0 Å². The molecule has 0 amide bonds. The maximum Gasteiger partial charge on any atom is 0.0969 e. The first-order chi connectivity index (χ1) is 10.0. The zero-order chi connectivity index (χ0) is 15.0. The van der Waals surface area contributed by atoms with E-state index in [9.17, 15) is 5.11 Å². The molecule has 0 aliphatic carbocycles. The Bertz CT molecular complexity index is 772. The van der Waals surface area contributed by atoms with Crippen molar-refractivity contribution in [3.63, 3.8) is 0 Å². The fourth-order valence-electron chi connectivity index (χ4n) is 2.54. The van der Waals surface area contributed by atoms with Crippen LogP contribution in [0.25, 0.3) is 11.0 Å². The summed E-state index contributed by atoms with van der Waals surface area (Å²) in [5.41, 5.74) is 6.68. The highest BCUT2D eigenvalue weighted by atomic mass is 16.3. The number of aliphatic hydroxyl groups is 1. The predicted molar refractivity (Wildman–Crippen MR) is 85.3 cm³/mol. The van der Waals surface area contributed by atoms with Crippen LogP contribution in [0.1, 0.15) is 28.4 Å². The lowest BCUT2D eigenvalue weighted by atomic mass is 10.1. The van der Waals surface area contributed by atoms with Crippen molar-refractivity contribution in [1.82, 2.24) is 9.55 Å². The molecule has 3 heteroatoms. The molecule has 3 aromatic rings. The first-order valence-electron chi connectivity index (χ1n) is 7.21. The number of imidazole rings is 1. The van der Waals surface area contributed by atoms with Gasteiger partial charge in [-0.15, -0.1) is 0 Å². The Morgan fingerprint density at radius 1 is 1.05 bits per heavy atom. The zero-order valence-corrected chi connectivity index (χ0v) is 12.7. The summed E-state index contributed by atoms with van der Waals surface area (Å²) in [7, 11) is 0. The summed E-state index contributed by atoms with van der Waals surface area (Å²) >= 11 is 0. The maximum absolute atomic E-state index is 10.4. The van der Waals surface area contributed by atoms with Crippen LogP contribution in [0, 0.1) is 20.8 Å². The topological polar surface area (TPSA) is 38.0 Å². The summed E-state index contributed by atoms with van der Waals surface area (Å²) < 4.78 is 2.02. The van der Waals surface area contributed by atoms with E-state index in [1.165, 1.54) is 16.7 Å². The predicted octanol–water partition coefficient (Wildman–Crippen LogP) is 3.70. The van der Waals surface area contributed by atoms with Gasteiger partial charge in [-0.1, -0.05) is 29.8 Å². The van der Waals surface area contributed by atoms with Gasteiger partial charge in [-0.3, -0.25) is 0 Å². The zero-order valence-electron chi connectivity index (χ0n) is 12.7. The van der Waals surface area contributed by atoms with Gasteiger partial charge in [0.2, 0.25) is 0 Å². The molecule has 0 fully saturated rings. The Labute approximate surface area is 124 Å². The first-order valence-corrected chi connectivity index (χ1v) is 7.21. The molecule has 0 bridgehead atoms. The summed E-state index contributed by atoms with van der Waals surface area (Å²) in [6.45, 7) is 6.75. The molecule has 2 aromatic carbocycles.